The molecule has 0 amide bonds. The van der Waals surface area contributed by atoms with Crippen LogP contribution in [0.25, 0.3) is 0 Å². The lowest BCUT2D eigenvalue weighted by atomic mass is 9.43. The van der Waals surface area contributed by atoms with Crippen LogP contribution in [0.5, 0.6) is 0 Å². The first-order chi connectivity index (χ1) is 14.4. The molecule has 3 unspecified atom stereocenters. The molecule has 6 heteroatoms. The molecule has 0 heterocycles. The van der Waals surface area contributed by atoms with E-state index in [0.717, 1.165) is 32.1 Å². The Morgan fingerprint density at radius 1 is 1.10 bits per heavy atom. The van der Waals surface area contributed by atoms with Crippen LogP contribution in [-0.4, -0.2) is 41.4 Å². The maximum atomic E-state index is 14.6. The summed E-state index contributed by atoms with van der Waals surface area (Å²) < 4.78 is 34.0. The maximum absolute atomic E-state index is 14.6. The first-order valence-electron chi connectivity index (χ1n) is 12.2. The minimum Gasteiger partial charge on any atom is -0.469 e. The molecule has 4 aliphatic rings. The Morgan fingerprint density at radius 3 is 2.45 bits per heavy atom. The molecule has 4 fully saturated rings. The van der Waals surface area contributed by atoms with Gasteiger partial charge in [-0.1, -0.05) is 20.8 Å². The molecule has 0 saturated heterocycles. The Morgan fingerprint density at radius 2 is 1.77 bits per heavy atom. The van der Waals surface area contributed by atoms with E-state index in [9.17, 15) is 23.8 Å². The molecule has 10 atom stereocenters. The molecule has 4 rings (SSSR count). The number of methoxy groups -OCH3 is 1. The number of aliphatic hydroxyl groups is 2. The third-order valence-electron chi connectivity index (χ3n) is 10.5. The lowest BCUT2D eigenvalue weighted by Crippen LogP contribution is -2.62. The number of esters is 1. The molecule has 0 spiro atoms. The minimum atomic E-state index is -3.04. The standard InChI is InChI=1S/C25H40F2O4/c1-14(5-8-21(30)31-4)16-6-7-17-22-18(9-10-23(16,17)2)24(3)13-25(26,27)20(29)12-15(24)11-19(22)28/h14-20,22,28-29H,5-13H2,1-4H3/t14-,15-,16-,17?,18?,19+,20+,22?,23-,24+/m1/s1. The van der Waals surface area contributed by atoms with Crippen LogP contribution in [0.1, 0.15) is 78.6 Å². The molecule has 2 N–H and O–H groups in total. The minimum absolute atomic E-state index is 0.0427. The molecule has 0 aliphatic heterocycles. The number of alkyl halides is 2. The predicted octanol–water partition coefficient (Wildman–Crippen LogP) is 4.81. The van der Waals surface area contributed by atoms with Crippen molar-refractivity contribution in [2.45, 2.75) is 96.7 Å². The predicted molar refractivity (Wildman–Crippen MR) is 113 cm³/mol. The van der Waals surface area contributed by atoms with Crippen LogP contribution in [0.4, 0.5) is 8.78 Å². The van der Waals surface area contributed by atoms with Gasteiger partial charge in [0, 0.05) is 12.8 Å². The zero-order valence-corrected chi connectivity index (χ0v) is 19.4. The normalized spacial score (nSPS) is 49.5. The zero-order valence-electron chi connectivity index (χ0n) is 19.4. The highest BCUT2D eigenvalue weighted by Crippen LogP contribution is 2.69. The molecule has 178 valence electrons. The van der Waals surface area contributed by atoms with Gasteiger partial charge < -0.3 is 14.9 Å². The molecule has 0 bridgehead atoms. The van der Waals surface area contributed by atoms with E-state index >= 15 is 0 Å². The average molecular weight is 443 g/mol. The number of rotatable bonds is 4. The van der Waals surface area contributed by atoms with Crippen molar-refractivity contribution in [3.63, 3.8) is 0 Å². The lowest BCUT2D eigenvalue weighted by molar-refractivity contribution is -0.236. The number of ether oxygens (including phenoxy) is 1. The van der Waals surface area contributed by atoms with Crippen LogP contribution in [-0.2, 0) is 9.53 Å². The van der Waals surface area contributed by atoms with Gasteiger partial charge in [-0.05, 0) is 91.3 Å². The second kappa shape index (κ2) is 7.93. The topological polar surface area (TPSA) is 66.8 Å². The van der Waals surface area contributed by atoms with Gasteiger partial charge in [-0.15, -0.1) is 0 Å². The highest BCUT2D eigenvalue weighted by molar-refractivity contribution is 5.69. The van der Waals surface area contributed by atoms with Crippen molar-refractivity contribution in [2.75, 3.05) is 7.11 Å². The molecule has 0 aromatic carbocycles. The van der Waals surface area contributed by atoms with Crippen molar-refractivity contribution in [1.29, 1.82) is 0 Å². The quantitative estimate of drug-likeness (QED) is 0.613. The van der Waals surface area contributed by atoms with Crippen LogP contribution in [0.15, 0.2) is 0 Å². The van der Waals surface area contributed by atoms with Crippen molar-refractivity contribution >= 4 is 5.97 Å². The Labute approximate surface area is 185 Å². The van der Waals surface area contributed by atoms with Gasteiger partial charge in [0.25, 0.3) is 5.92 Å². The second-order valence-electron chi connectivity index (χ2n) is 11.8. The smallest absolute Gasteiger partial charge is 0.305 e. The third kappa shape index (κ3) is 3.64. The summed E-state index contributed by atoms with van der Waals surface area (Å²) in [6.07, 6.45) is 3.51. The highest BCUT2D eigenvalue weighted by atomic mass is 19.3. The second-order valence-corrected chi connectivity index (χ2v) is 11.8. The van der Waals surface area contributed by atoms with E-state index in [1.165, 1.54) is 7.11 Å². The van der Waals surface area contributed by atoms with Crippen molar-refractivity contribution in [1.82, 2.24) is 0 Å². The fraction of sp³-hybridized carbons (Fsp3) is 0.960. The van der Waals surface area contributed by atoms with E-state index in [1.807, 2.05) is 6.92 Å². The number of fused-ring (bicyclic) bond motifs is 5. The Hall–Kier alpha value is -0.750. The number of halogens is 2. The lowest BCUT2D eigenvalue weighted by Gasteiger charge is -2.63. The van der Waals surface area contributed by atoms with Crippen molar-refractivity contribution in [3.05, 3.63) is 0 Å². The highest BCUT2D eigenvalue weighted by Gasteiger charge is 2.66. The summed E-state index contributed by atoms with van der Waals surface area (Å²) >= 11 is 0. The Balaban J connectivity index is 1.56. The van der Waals surface area contributed by atoms with Gasteiger partial charge in [0.05, 0.1) is 13.2 Å². The summed E-state index contributed by atoms with van der Waals surface area (Å²) in [6, 6.07) is 0. The van der Waals surface area contributed by atoms with Crippen molar-refractivity contribution in [3.8, 4) is 0 Å². The molecular formula is C25H40F2O4. The van der Waals surface area contributed by atoms with Gasteiger partial charge in [0.1, 0.15) is 6.10 Å². The average Bonchev–Trinajstić information content (AvgIpc) is 3.05. The first-order valence-corrected chi connectivity index (χ1v) is 12.2. The number of hydrogen-bond donors (Lipinski definition) is 2. The van der Waals surface area contributed by atoms with Gasteiger partial charge >= 0.3 is 5.97 Å². The summed E-state index contributed by atoms with van der Waals surface area (Å²) in [5, 5.41) is 21.2. The molecule has 4 aliphatic carbocycles. The van der Waals surface area contributed by atoms with E-state index in [2.05, 4.69) is 13.8 Å². The van der Waals surface area contributed by atoms with Crippen LogP contribution >= 0.6 is 0 Å². The number of carbonyl (C=O) groups is 1. The number of carbonyl (C=O) groups excluding carboxylic acids is 1. The van der Waals surface area contributed by atoms with Gasteiger partial charge in [0.15, 0.2) is 0 Å². The van der Waals surface area contributed by atoms with E-state index in [0.29, 0.717) is 30.6 Å². The Bertz CT molecular complexity index is 699. The molecule has 31 heavy (non-hydrogen) atoms. The van der Waals surface area contributed by atoms with Crippen LogP contribution in [0.3, 0.4) is 0 Å². The molecule has 0 radical (unpaired) electrons. The fourth-order valence-electron chi connectivity index (χ4n) is 8.85. The van der Waals surface area contributed by atoms with E-state index in [-0.39, 0.29) is 42.0 Å². The zero-order chi connectivity index (χ0) is 22.8. The molecular weight excluding hydrogens is 402 g/mol. The SMILES string of the molecule is COC(=O)CC[C@@H](C)[C@H]1CCC2C3C(CC[C@@]21C)[C@@]1(C)CC(F)(F)[C@@H](O)C[C@H]1C[C@@H]3O. The molecule has 4 saturated carbocycles. The summed E-state index contributed by atoms with van der Waals surface area (Å²) in [5.74, 6) is -1.90. The monoisotopic (exact) mass is 442 g/mol. The maximum Gasteiger partial charge on any atom is 0.305 e. The van der Waals surface area contributed by atoms with Crippen LogP contribution in [0, 0.1) is 46.3 Å². The van der Waals surface area contributed by atoms with Crippen LogP contribution < -0.4 is 0 Å². The molecule has 4 nitrogen and oxygen atoms in total. The molecule has 0 aromatic heterocycles. The molecule has 0 aromatic rings. The van der Waals surface area contributed by atoms with E-state index < -0.39 is 23.5 Å². The number of hydrogen-bond acceptors (Lipinski definition) is 4. The largest absolute Gasteiger partial charge is 0.469 e. The van der Waals surface area contributed by atoms with Gasteiger partial charge in [-0.25, -0.2) is 8.78 Å². The van der Waals surface area contributed by atoms with Crippen LogP contribution in [0.2, 0.25) is 0 Å². The summed E-state index contributed by atoms with van der Waals surface area (Å²) in [7, 11) is 1.42. The van der Waals surface area contributed by atoms with Crippen molar-refractivity contribution < 1.29 is 28.5 Å². The summed E-state index contributed by atoms with van der Waals surface area (Å²) in [5.41, 5.74) is -0.444. The number of aliphatic hydroxyl groups excluding tert-OH is 2. The fourth-order valence-corrected chi connectivity index (χ4v) is 8.85. The summed E-state index contributed by atoms with van der Waals surface area (Å²) in [4.78, 5) is 11.6. The van der Waals surface area contributed by atoms with Gasteiger partial charge in [0.2, 0.25) is 0 Å². The van der Waals surface area contributed by atoms with Crippen molar-refractivity contribution in [2.24, 2.45) is 46.3 Å². The van der Waals surface area contributed by atoms with E-state index in [1.54, 1.807) is 0 Å². The summed E-state index contributed by atoms with van der Waals surface area (Å²) in [6.45, 7) is 6.58. The van der Waals surface area contributed by atoms with Gasteiger partial charge in [-0.2, -0.15) is 0 Å². The van der Waals surface area contributed by atoms with E-state index in [4.69, 9.17) is 4.74 Å². The Kier molecular flexibility index (Phi) is 5.99. The third-order valence-corrected chi connectivity index (χ3v) is 10.5. The first kappa shape index (κ1) is 23.4. The van der Waals surface area contributed by atoms with Gasteiger partial charge in [-0.3, -0.25) is 4.79 Å².